The zero-order chi connectivity index (χ0) is 15.7. The molecule has 22 heavy (non-hydrogen) atoms. The van der Waals surface area contributed by atoms with Crippen molar-refractivity contribution < 1.29 is 9.53 Å². The third-order valence-corrected chi connectivity index (χ3v) is 4.35. The van der Waals surface area contributed by atoms with Gasteiger partial charge in [-0.05, 0) is 25.5 Å². The van der Waals surface area contributed by atoms with Crippen LogP contribution in [0, 0.1) is 6.92 Å². The van der Waals surface area contributed by atoms with Gasteiger partial charge in [-0.25, -0.2) is 0 Å². The summed E-state index contributed by atoms with van der Waals surface area (Å²) < 4.78 is 7.23. The second-order valence-corrected chi connectivity index (χ2v) is 5.74. The molecule has 0 saturated carbocycles. The fourth-order valence-corrected chi connectivity index (χ4v) is 3.05. The van der Waals surface area contributed by atoms with E-state index in [0.717, 1.165) is 24.2 Å². The zero-order valence-electron chi connectivity index (χ0n) is 12.9. The van der Waals surface area contributed by atoms with Crippen molar-refractivity contribution in [3.8, 4) is 0 Å². The van der Waals surface area contributed by atoms with Gasteiger partial charge in [-0.3, -0.25) is 9.59 Å². The van der Waals surface area contributed by atoms with E-state index in [1.54, 1.807) is 19.2 Å². The SMILES string of the molecule is CO[C@@H]1CCN(C(=O)Cn2c(C)cc(=O)c3ccccc32)C1. The van der Waals surface area contributed by atoms with Crippen LogP contribution in [-0.2, 0) is 16.1 Å². The minimum Gasteiger partial charge on any atom is -0.380 e. The van der Waals surface area contributed by atoms with E-state index in [4.69, 9.17) is 4.74 Å². The molecule has 1 saturated heterocycles. The van der Waals surface area contributed by atoms with E-state index in [0.29, 0.717) is 11.9 Å². The molecular weight excluding hydrogens is 280 g/mol. The van der Waals surface area contributed by atoms with E-state index in [1.807, 2.05) is 34.6 Å². The number of carbonyl (C=O) groups is 1. The van der Waals surface area contributed by atoms with Crippen LogP contribution in [0.15, 0.2) is 35.1 Å². The van der Waals surface area contributed by atoms with Crippen molar-refractivity contribution >= 4 is 16.8 Å². The topological polar surface area (TPSA) is 51.5 Å². The van der Waals surface area contributed by atoms with Crippen molar-refractivity contribution in [2.75, 3.05) is 20.2 Å². The summed E-state index contributed by atoms with van der Waals surface area (Å²) in [5.41, 5.74) is 1.61. The van der Waals surface area contributed by atoms with E-state index in [9.17, 15) is 9.59 Å². The zero-order valence-corrected chi connectivity index (χ0v) is 12.9. The maximum atomic E-state index is 12.5. The number of likely N-dealkylation sites (tertiary alicyclic amines) is 1. The van der Waals surface area contributed by atoms with Crippen molar-refractivity contribution in [3.05, 3.63) is 46.2 Å². The van der Waals surface area contributed by atoms with Crippen LogP contribution >= 0.6 is 0 Å². The Morgan fingerprint density at radius 1 is 1.36 bits per heavy atom. The van der Waals surface area contributed by atoms with Crippen LogP contribution in [0.4, 0.5) is 0 Å². The van der Waals surface area contributed by atoms with Crippen LogP contribution in [0.2, 0.25) is 0 Å². The van der Waals surface area contributed by atoms with Gasteiger partial charge in [-0.2, -0.15) is 0 Å². The maximum absolute atomic E-state index is 12.5. The highest BCUT2D eigenvalue weighted by Crippen LogP contribution is 2.16. The van der Waals surface area contributed by atoms with E-state index >= 15 is 0 Å². The number of fused-ring (bicyclic) bond motifs is 1. The number of amides is 1. The van der Waals surface area contributed by atoms with Crippen molar-refractivity contribution in [2.24, 2.45) is 0 Å². The number of hydrogen-bond acceptors (Lipinski definition) is 3. The minimum atomic E-state index is -0.00239. The molecule has 1 atom stereocenters. The number of aryl methyl sites for hydroxylation is 1. The number of carbonyl (C=O) groups excluding carboxylic acids is 1. The standard InChI is InChI=1S/C17H20N2O3/c1-12-9-16(20)14-5-3-4-6-15(14)19(12)11-17(21)18-8-7-13(10-18)22-2/h3-6,9,13H,7-8,10-11H2,1-2H3/t13-/m1/s1. The van der Waals surface area contributed by atoms with Gasteiger partial charge in [0.15, 0.2) is 5.43 Å². The molecule has 5 heteroatoms. The molecule has 116 valence electrons. The van der Waals surface area contributed by atoms with Gasteiger partial charge < -0.3 is 14.2 Å². The number of hydrogen-bond donors (Lipinski definition) is 0. The summed E-state index contributed by atoms with van der Waals surface area (Å²) in [6.07, 6.45) is 1.02. The summed E-state index contributed by atoms with van der Waals surface area (Å²) in [6.45, 7) is 3.49. The average Bonchev–Trinajstić information content (AvgIpc) is 3.00. The molecule has 0 N–H and O–H groups in total. The lowest BCUT2D eigenvalue weighted by molar-refractivity contribution is -0.131. The lowest BCUT2D eigenvalue weighted by Crippen LogP contribution is -2.33. The summed E-state index contributed by atoms with van der Waals surface area (Å²) in [4.78, 5) is 26.4. The average molecular weight is 300 g/mol. The Labute approximate surface area is 129 Å². The Morgan fingerprint density at radius 2 is 2.14 bits per heavy atom. The minimum absolute atomic E-state index is 0.00239. The Kier molecular flexibility index (Phi) is 3.98. The molecule has 1 fully saturated rings. The quantitative estimate of drug-likeness (QED) is 0.864. The Hall–Kier alpha value is -2.14. The lowest BCUT2D eigenvalue weighted by atomic mass is 10.2. The molecule has 2 heterocycles. The predicted octanol–water partition coefficient (Wildman–Crippen LogP) is 1.56. The number of rotatable bonds is 3. The smallest absolute Gasteiger partial charge is 0.242 e. The molecule has 1 aliphatic rings. The van der Waals surface area contributed by atoms with Crippen LogP contribution in [0.25, 0.3) is 10.9 Å². The van der Waals surface area contributed by atoms with E-state index in [1.165, 1.54) is 0 Å². The van der Waals surface area contributed by atoms with Gasteiger partial charge >= 0.3 is 0 Å². The monoisotopic (exact) mass is 300 g/mol. The molecular formula is C17H20N2O3. The number of para-hydroxylation sites is 1. The van der Waals surface area contributed by atoms with Gasteiger partial charge in [0, 0.05) is 37.3 Å². The number of aromatic nitrogens is 1. The van der Waals surface area contributed by atoms with Crippen LogP contribution in [0.3, 0.4) is 0 Å². The van der Waals surface area contributed by atoms with Gasteiger partial charge in [-0.15, -0.1) is 0 Å². The lowest BCUT2D eigenvalue weighted by Gasteiger charge is -2.20. The Bertz CT molecular complexity index is 766. The second-order valence-electron chi connectivity index (χ2n) is 5.74. The molecule has 0 spiro atoms. The predicted molar refractivity (Wildman–Crippen MR) is 84.9 cm³/mol. The molecule has 0 unspecified atom stereocenters. The van der Waals surface area contributed by atoms with Crippen LogP contribution in [0.1, 0.15) is 12.1 Å². The highest BCUT2D eigenvalue weighted by atomic mass is 16.5. The molecule has 2 aromatic rings. The van der Waals surface area contributed by atoms with Crippen LogP contribution in [-0.4, -0.2) is 41.7 Å². The number of benzene rings is 1. The normalized spacial score (nSPS) is 18.1. The van der Waals surface area contributed by atoms with Gasteiger partial charge in [0.05, 0.1) is 11.6 Å². The van der Waals surface area contributed by atoms with Crippen molar-refractivity contribution in [3.63, 3.8) is 0 Å². The first-order valence-electron chi connectivity index (χ1n) is 7.50. The van der Waals surface area contributed by atoms with Gasteiger partial charge in [0.25, 0.3) is 0 Å². The van der Waals surface area contributed by atoms with Crippen LogP contribution < -0.4 is 5.43 Å². The van der Waals surface area contributed by atoms with Crippen LogP contribution in [0.5, 0.6) is 0 Å². The Balaban J connectivity index is 1.91. The largest absolute Gasteiger partial charge is 0.380 e. The first kappa shape index (κ1) is 14.8. The number of nitrogens with zero attached hydrogens (tertiary/aromatic N) is 2. The van der Waals surface area contributed by atoms with Gasteiger partial charge in [0.2, 0.25) is 5.91 Å². The van der Waals surface area contributed by atoms with E-state index < -0.39 is 0 Å². The third kappa shape index (κ3) is 2.64. The molecule has 1 aliphatic heterocycles. The number of methoxy groups -OCH3 is 1. The fourth-order valence-electron chi connectivity index (χ4n) is 3.05. The summed E-state index contributed by atoms with van der Waals surface area (Å²) in [5.74, 6) is 0.0662. The van der Waals surface area contributed by atoms with E-state index in [-0.39, 0.29) is 24.0 Å². The first-order chi connectivity index (χ1) is 10.6. The summed E-state index contributed by atoms with van der Waals surface area (Å²) in [6, 6.07) is 9.01. The molecule has 0 aliphatic carbocycles. The second kappa shape index (κ2) is 5.93. The molecule has 1 aromatic heterocycles. The van der Waals surface area contributed by atoms with Gasteiger partial charge in [0.1, 0.15) is 6.54 Å². The molecule has 1 aromatic carbocycles. The molecule has 3 rings (SSSR count). The highest BCUT2D eigenvalue weighted by Gasteiger charge is 2.26. The van der Waals surface area contributed by atoms with Crippen molar-refractivity contribution in [2.45, 2.75) is 26.0 Å². The summed E-state index contributed by atoms with van der Waals surface area (Å²) in [5, 5.41) is 0.650. The fraction of sp³-hybridized carbons (Fsp3) is 0.412. The van der Waals surface area contributed by atoms with E-state index in [2.05, 4.69) is 0 Å². The molecule has 0 radical (unpaired) electrons. The number of ether oxygens (including phenoxy) is 1. The Morgan fingerprint density at radius 3 is 2.86 bits per heavy atom. The molecule has 5 nitrogen and oxygen atoms in total. The maximum Gasteiger partial charge on any atom is 0.242 e. The third-order valence-electron chi connectivity index (χ3n) is 4.35. The van der Waals surface area contributed by atoms with Crippen molar-refractivity contribution in [1.29, 1.82) is 0 Å². The van der Waals surface area contributed by atoms with Gasteiger partial charge in [-0.1, -0.05) is 12.1 Å². The molecule has 1 amide bonds. The summed E-state index contributed by atoms with van der Waals surface area (Å²) >= 11 is 0. The summed E-state index contributed by atoms with van der Waals surface area (Å²) in [7, 11) is 1.68. The van der Waals surface area contributed by atoms with Crippen molar-refractivity contribution in [1.82, 2.24) is 9.47 Å². The highest BCUT2D eigenvalue weighted by molar-refractivity contribution is 5.82. The number of pyridine rings is 1. The molecule has 0 bridgehead atoms. The first-order valence-corrected chi connectivity index (χ1v) is 7.50.